The molecule has 17 heavy (non-hydrogen) atoms. The molecule has 1 aliphatic heterocycles. The van der Waals surface area contributed by atoms with Crippen LogP contribution in [-0.2, 0) is 4.79 Å². The molecular formula is C12H20N2O3. The van der Waals surface area contributed by atoms with Crippen LogP contribution in [0.4, 0.5) is 4.79 Å². The fourth-order valence-electron chi connectivity index (χ4n) is 2.50. The van der Waals surface area contributed by atoms with Gasteiger partial charge in [0.15, 0.2) is 0 Å². The lowest BCUT2D eigenvalue weighted by Gasteiger charge is -2.25. The number of likely N-dealkylation sites (tertiary alicyclic amines) is 1. The Morgan fingerprint density at radius 3 is 2.59 bits per heavy atom. The highest BCUT2D eigenvalue weighted by atomic mass is 16.4. The van der Waals surface area contributed by atoms with E-state index in [1.807, 2.05) is 11.8 Å². The van der Waals surface area contributed by atoms with Gasteiger partial charge in [0.25, 0.3) is 0 Å². The van der Waals surface area contributed by atoms with Crippen LogP contribution in [0.25, 0.3) is 0 Å². The van der Waals surface area contributed by atoms with Crippen molar-refractivity contribution in [1.29, 1.82) is 0 Å². The largest absolute Gasteiger partial charge is 0.481 e. The lowest BCUT2D eigenvalue weighted by atomic mass is 10.1. The summed E-state index contributed by atoms with van der Waals surface area (Å²) < 4.78 is 0. The van der Waals surface area contributed by atoms with Crippen molar-refractivity contribution in [1.82, 2.24) is 10.2 Å². The summed E-state index contributed by atoms with van der Waals surface area (Å²) in [6.45, 7) is 2.83. The average Bonchev–Trinajstić information content (AvgIpc) is 3.00. The number of carboxylic acids is 1. The molecule has 2 unspecified atom stereocenters. The topological polar surface area (TPSA) is 69.6 Å². The summed E-state index contributed by atoms with van der Waals surface area (Å²) in [4.78, 5) is 24.6. The molecule has 96 valence electrons. The van der Waals surface area contributed by atoms with Crippen LogP contribution in [0.1, 0.15) is 39.0 Å². The lowest BCUT2D eigenvalue weighted by molar-refractivity contribution is -0.137. The van der Waals surface area contributed by atoms with Gasteiger partial charge in [-0.05, 0) is 38.5 Å². The summed E-state index contributed by atoms with van der Waals surface area (Å²) in [6.07, 6.45) is 4.20. The zero-order valence-electron chi connectivity index (χ0n) is 10.2. The average molecular weight is 240 g/mol. The number of carbonyl (C=O) groups is 2. The summed E-state index contributed by atoms with van der Waals surface area (Å²) in [5.74, 6) is -0.468. The molecule has 0 bridgehead atoms. The van der Waals surface area contributed by atoms with E-state index in [0.717, 1.165) is 32.2 Å². The van der Waals surface area contributed by atoms with Crippen LogP contribution in [0.15, 0.2) is 0 Å². The second-order valence-corrected chi connectivity index (χ2v) is 5.18. The molecule has 2 fully saturated rings. The van der Waals surface area contributed by atoms with Gasteiger partial charge < -0.3 is 15.3 Å². The second-order valence-electron chi connectivity index (χ2n) is 5.18. The zero-order chi connectivity index (χ0) is 12.4. The van der Waals surface area contributed by atoms with Gasteiger partial charge in [-0.3, -0.25) is 4.79 Å². The van der Waals surface area contributed by atoms with Crippen LogP contribution in [0.2, 0.25) is 0 Å². The molecular weight excluding hydrogens is 220 g/mol. The maximum atomic E-state index is 12.0. The predicted molar refractivity (Wildman–Crippen MR) is 62.7 cm³/mol. The summed E-state index contributed by atoms with van der Waals surface area (Å²) in [6, 6.07) is 0.000584. The first-order chi connectivity index (χ1) is 8.08. The molecule has 1 saturated heterocycles. The van der Waals surface area contributed by atoms with E-state index in [-0.39, 0.29) is 24.5 Å². The minimum absolute atomic E-state index is 0.0403. The molecule has 5 heteroatoms. The lowest BCUT2D eigenvalue weighted by Crippen LogP contribution is -2.47. The molecule has 0 aromatic rings. The van der Waals surface area contributed by atoms with Crippen molar-refractivity contribution < 1.29 is 14.7 Å². The quantitative estimate of drug-likeness (QED) is 0.781. The predicted octanol–water partition coefficient (Wildman–Crippen LogP) is 1.43. The third-order valence-electron chi connectivity index (χ3n) is 3.71. The fourth-order valence-corrected chi connectivity index (χ4v) is 2.50. The van der Waals surface area contributed by atoms with Crippen molar-refractivity contribution in [2.45, 2.75) is 51.1 Å². The van der Waals surface area contributed by atoms with Crippen LogP contribution in [0, 0.1) is 5.92 Å². The zero-order valence-corrected chi connectivity index (χ0v) is 10.2. The normalized spacial score (nSPS) is 25.7. The number of carbonyl (C=O) groups excluding carboxylic acids is 1. The maximum Gasteiger partial charge on any atom is 0.317 e. The Hall–Kier alpha value is -1.26. The number of rotatable bonds is 4. The van der Waals surface area contributed by atoms with Gasteiger partial charge in [-0.2, -0.15) is 0 Å². The maximum absolute atomic E-state index is 12.0. The van der Waals surface area contributed by atoms with E-state index in [2.05, 4.69) is 5.32 Å². The van der Waals surface area contributed by atoms with E-state index in [9.17, 15) is 9.59 Å². The van der Waals surface area contributed by atoms with Gasteiger partial charge in [0, 0.05) is 18.6 Å². The van der Waals surface area contributed by atoms with Gasteiger partial charge in [0.1, 0.15) is 0 Å². The minimum Gasteiger partial charge on any atom is -0.481 e. The first kappa shape index (κ1) is 12.2. The number of nitrogens with one attached hydrogen (secondary N) is 1. The van der Waals surface area contributed by atoms with Crippen LogP contribution in [-0.4, -0.2) is 40.6 Å². The van der Waals surface area contributed by atoms with Gasteiger partial charge >= 0.3 is 12.0 Å². The van der Waals surface area contributed by atoms with Gasteiger partial charge in [0.05, 0.1) is 6.42 Å². The van der Waals surface area contributed by atoms with Crippen molar-refractivity contribution in [3.05, 3.63) is 0 Å². The number of aliphatic carboxylic acids is 1. The first-order valence-electron chi connectivity index (χ1n) is 6.37. The summed E-state index contributed by atoms with van der Waals surface area (Å²) >= 11 is 0. The molecule has 2 aliphatic rings. The number of hydrogen-bond donors (Lipinski definition) is 2. The number of amides is 2. The molecule has 1 heterocycles. The Morgan fingerprint density at radius 2 is 2.12 bits per heavy atom. The monoisotopic (exact) mass is 240 g/mol. The highest BCUT2D eigenvalue weighted by Gasteiger charge is 2.35. The van der Waals surface area contributed by atoms with Crippen LogP contribution in [0.3, 0.4) is 0 Å². The molecule has 2 N–H and O–H groups in total. The number of urea groups is 1. The SMILES string of the molecule is CC1CCCN1C(=O)NC(CC(=O)O)C1CC1. The number of hydrogen-bond acceptors (Lipinski definition) is 2. The van der Waals surface area contributed by atoms with E-state index >= 15 is 0 Å². The van der Waals surface area contributed by atoms with Crippen LogP contribution < -0.4 is 5.32 Å². The molecule has 0 spiro atoms. The summed E-state index contributed by atoms with van der Waals surface area (Å²) in [5.41, 5.74) is 0. The highest BCUT2D eigenvalue weighted by Crippen LogP contribution is 2.34. The number of carboxylic acid groups (broad SMARTS) is 1. The fraction of sp³-hybridized carbons (Fsp3) is 0.833. The molecule has 2 amide bonds. The Morgan fingerprint density at radius 1 is 1.41 bits per heavy atom. The van der Waals surface area contributed by atoms with Gasteiger partial charge in [0.2, 0.25) is 0 Å². The third-order valence-corrected chi connectivity index (χ3v) is 3.71. The summed E-state index contributed by atoms with van der Waals surface area (Å²) in [5, 5.41) is 11.7. The molecule has 0 aromatic carbocycles. The first-order valence-corrected chi connectivity index (χ1v) is 6.37. The Labute approximate surface area is 101 Å². The van der Waals surface area contributed by atoms with Crippen molar-refractivity contribution in [3.63, 3.8) is 0 Å². The highest BCUT2D eigenvalue weighted by molar-refractivity contribution is 5.76. The molecule has 2 rings (SSSR count). The van der Waals surface area contributed by atoms with E-state index in [1.165, 1.54) is 0 Å². The van der Waals surface area contributed by atoms with Crippen molar-refractivity contribution in [2.24, 2.45) is 5.92 Å². The van der Waals surface area contributed by atoms with E-state index in [0.29, 0.717) is 5.92 Å². The molecule has 0 aromatic heterocycles. The van der Waals surface area contributed by atoms with Crippen molar-refractivity contribution in [2.75, 3.05) is 6.54 Å². The standard InChI is InChI=1S/C12H20N2O3/c1-8-3-2-6-14(8)12(17)13-10(7-11(15)16)9-4-5-9/h8-10H,2-7H2,1H3,(H,13,17)(H,15,16). The minimum atomic E-state index is -0.836. The van der Waals surface area contributed by atoms with Gasteiger partial charge in [-0.25, -0.2) is 4.79 Å². The second kappa shape index (κ2) is 4.94. The van der Waals surface area contributed by atoms with Gasteiger partial charge in [-0.15, -0.1) is 0 Å². The molecule has 1 saturated carbocycles. The Balaban J connectivity index is 1.88. The van der Waals surface area contributed by atoms with Gasteiger partial charge in [-0.1, -0.05) is 0 Å². The molecule has 5 nitrogen and oxygen atoms in total. The Kier molecular flexibility index (Phi) is 3.54. The van der Waals surface area contributed by atoms with E-state index in [1.54, 1.807) is 0 Å². The molecule has 0 radical (unpaired) electrons. The van der Waals surface area contributed by atoms with Crippen LogP contribution in [0.5, 0.6) is 0 Å². The smallest absolute Gasteiger partial charge is 0.317 e. The molecule has 1 aliphatic carbocycles. The van der Waals surface area contributed by atoms with E-state index < -0.39 is 5.97 Å². The van der Waals surface area contributed by atoms with Crippen molar-refractivity contribution in [3.8, 4) is 0 Å². The van der Waals surface area contributed by atoms with Crippen LogP contribution >= 0.6 is 0 Å². The summed E-state index contributed by atoms with van der Waals surface area (Å²) in [7, 11) is 0. The Bertz CT molecular complexity index is 315. The van der Waals surface area contributed by atoms with Crippen molar-refractivity contribution >= 4 is 12.0 Å². The van der Waals surface area contributed by atoms with E-state index in [4.69, 9.17) is 5.11 Å². The number of nitrogens with zero attached hydrogens (tertiary/aromatic N) is 1. The third kappa shape index (κ3) is 3.11. The molecule has 2 atom stereocenters.